The van der Waals surface area contributed by atoms with Crippen molar-refractivity contribution in [2.75, 3.05) is 11.9 Å². The summed E-state index contributed by atoms with van der Waals surface area (Å²) in [5, 5.41) is 4.56. The van der Waals surface area contributed by atoms with Gasteiger partial charge in [0.15, 0.2) is 0 Å². The Morgan fingerprint density at radius 1 is 1.38 bits per heavy atom. The molecule has 0 aliphatic heterocycles. The summed E-state index contributed by atoms with van der Waals surface area (Å²) in [6, 6.07) is 6.16. The maximum Gasteiger partial charge on any atom is 0.130 e. The molecule has 1 unspecified atom stereocenters. The quantitative estimate of drug-likeness (QED) is 0.883. The van der Waals surface area contributed by atoms with Crippen LogP contribution >= 0.6 is 0 Å². The predicted molar refractivity (Wildman–Crippen MR) is 86.3 cm³/mol. The zero-order valence-corrected chi connectivity index (χ0v) is 13.4. The van der Waals surface area contributed by atoms with E-state index < -0.39 is 0 Å². The lowest BCUT2D eigenvalue weighted by atomic mass is 10.0. The molecule has 114 valence electrons. The van der Waals surface area contributed by atoms with Crippen LogP contribution in [-0.4, -0.2) is 27.9 Å². The van der Waals surface area contributed by atoms with Crippen LogP contribution in [0.5, 0.6) is 0 Å². The van der Waals surface area contributed by atoms with E-state index in [1.165, 1.54) is 5.56 Å². The van der Waals surface area contributed by atoms with Crippen LogP contribution < -0.4 is 10.6 Å². The average Bonchev–Trinajstić information content (AvgIpc) is 2.74. The molecule has 0 saturated carbocycles. The van der Waals surface area contributed by atoms with Gasteiger partial charge in [-0.2, -0.15) is 5.10 Å². The highest BCUT2D eigenvalue weighted by atomic mass is 15.4. The second-order valence-corrected chi connectivity index (χ2v) is 5.56. The monoisotopic (exact) mass is 287 g/mol. The van der Waals surface area contributed by atoms with Gasteiger partial charge in [-0.05, 0) is 31.9 Å². The molecule has 5 nitrogen and oxygen atoms in total. The molecule has 21 heavy (non-hydrogen) atoms. The molecule has 0 fully saturated rings. The number of aryl methyl sites for hydroxylation is 2. The molecule has 0 aromatic carbocycles. The van der Waals surface area contributed by atoms with Crippen molar-refractivity contribution in [2.24, 2.45) is 12.8 Å². The van der Waals surface area contributed by atoms with Crippen LogP contribution in [0.1, 0.15) is 30.3 Å². The van der Waals surface area contributed by atoms with Crippen molar-refractivity contribution in [1.29, 1.82) is 0 Å². The molecule has 2 N–H and O–H groups in total. The summed E-state index contributed by atoms with van der Waals surface area (Å²) >= 11 is 0. The molecular formula is C16H25N5. The van der Waals surface area contributed by atoms with E-state index in [9.17, 15) is 0 Å². The summed E-state index contributed by atoms with van der Waals surface area (Å²) in [5.41, 5.74) is 9.48. The first kappa shape index (κ1) is 15.5. The minimum absolute atomic E-state index is 0.176. The van der Waals surface area contributed by atoms with Crippen LogP contribution in [0.4, 0.5) is 5.82 Å². The Morgan fingerprint density at radius 2 is 2.14 bits per heavy atom. The Labute approximate surface area is 126 Å². The fraction of sp³-hybridized carbons (Fsp3) is 0.500. The van der Waals surface area contributed by atoms with Crippen molar-refractivity contribution in [3.05, 3.63) is 41.3 Å². The summed E-state index contributed by atoms with van der Waals surface area (Å²) in [7, 11) is 4.06. The Hall–Kier alpha value is -1.88. The fourth-order valence-corrected chi connectivity index (χ4v) is 2.62. The number of rotatable bonds is 6. The first-order valence-corrected chi connectivity index (χ1v) is 7.42. The maximum absolute atomic E-state index is 6.14. The molecule has 0 aliphatic carbocycles. The van der Waals surface area contributed by atoms with Gasteiger partial charge in [0.05, 0.1) is 17.9 Å². The highest BCUT2D eigenvalue weighted by Gasteiger charge is 2.19. The number of nitrogens with two attached hydrogens (primary N) is 1. The number of nitrogens with zero attached hydrogens (tertiary/aromatic N) is 4. The van der Waals surface area contributed by atoms with Crippen LogP contribution in [0.15, 0.2) is 24.4 Å². The number of anilines is 1. The normalized spacial score (nSPS) is 12.4. The smallest absolute Gasteiger partial charge is 0.130 e. The molecule has 0 aliphatic rings. The van der Waals surface area contributed by atoms with E-state index in [0.717, 1.165) is 36.6 Å². The first-order valence-electron chi connectivity index (χ1n) is 7.42. The Balaban J connectivity index is 2.25. The molecule has 2 aromatic heterocycles. The predicted octanol–water partition coefficient (Wildman–Crippen LogP) is 2.04. The first-order chi connectivity index (χ1) is 10.0. The van der Waals surface area contributed by atoms with Crippen LogP contribution in [0.3, 0.4) is 0 Å². The lowest BCUT2D eigenvalue weighted by molar-refractivity contribution is 0.642. The van der Waals surface area contributed by atoms with Gasteiger partial charge in [0.25, 0.3) is 0 Å². The topological polar surface area (TPSA) is 60.0 Å². The number of aromatic nitrogens is 3. The van der Waals surface area contributed by atoms with Crippen LogP contribution in [0.2, 0.25) is 0 Å². The summed E-state index contributed by atoms with van der Waals surface area (Å²) in [6.45, 7) is 4.93. The van der Waals surface area contributed by atoms with E-state index >= 15 is 0 Å². The molecule has 0 bridgehead atoms. The van der Waals surface area contributed by atoms with Gasteiger partial charge < -0.3 is 10.6 Å². The van der Waals surface area contributed by atoms with Gasteiger partial charge in [-0.3, -0.25) is 9.67 Å². The Morgan fingerprint density at radius 3 is 2.76 bits per heavy atom. The van der Waals surface area contributed by atoms with E-state index in [2.05, 4.69) is 35.9 Å². The number of hydrogen-bond donors (Lipinski definition) is 1. The summed E-state index contributed by atoms with van der Waals surface area (Å²) in [4.78, 5) is 6.59. The van der Waals surface area contributed by atoms with Gasteiger partial charge >= 0.3 is 0 Å². The van der Waals surface area contributed by atoms with Crippen molar-refractivity contribution >= 4 is 5.82 Å². The molecule has 2 aromatic rings. The molecule has 0 amide bonds. The molecule has 0 spiro atoms. The van der Waals surface area contributed by atoms with Crippen molar-refractivity contribution in [2.45, 2.75) is 39.3 Å². The molecule has 1 atom stereocenters. The van der Waals surface area contributed by atoms with E-state index in [4.69, 9.17) is 5.73 Å². The second kappa shape index (κ2) is 6.72. The third kappa shape index (κ3) is 3.61. The van der Waals surface area contributed by atoms with Gasteiger partial charge in [-0.25, -0.2) is 0 Å². The minimum atomic E-state index is 0.176. The Bertz CT molecular complexity index is 576. The van der Waals surface area contributed by atoms with Crippen LogP contribution in [-0.2, 0) is 20.0 Å². The van der Waals surface area contributed by atoms with Gasteiger partial charge in [-0.15, -0.1) is 0 Å². The average molecular weight is 287 g/mol. The lowest BCUT2D eigenvalue weighted by Gasteiger charge is -2.21. The maximum atomic E-state index is 6.14. The minimum Gasteiger partial charge on any atom is -0.354 e. The van der Waals surface area contributed by atoms with Crippen LogP contribution in [0.25, 0.3) is 0 Å². The molecule has 0 saturated heterocycles. The zero-order valence-electron chi connectivity index (χ0n) is 13.4. The third-order valence-electron chi connectivity index (χ3n) is 3.79. The van der Waals surface area contributed by atoms with E-state index in [1.807, 2.05) is 36.1 Å². The van der Waals surface area contributed by atoms with Crippen LogP contribution in [0, 0.1) is 6.92 Å². The van der Waals surface area contributed by atoms with Gasteiger partial charge in [0, 0.05) is 31.9 Å². The van der Waals surface area contributed by atoms with Crippen molar-refractivity contribution in [3.8, 4) is 0 Å². The second-order valence-electron chi connectivity index (χ2n) is 5.56. The molecular weight excluding hydrogens is 262 g/mol. The zero-order chi connectivity index (χ0) is 15.4. The van der Waals surface area contributed by atoms with Crippen molar-refractivity contribution in [1.82, 2.24) is 14.8 Å². The lowest BCUT2D eigenvalue weighted by Crippen LogP contribution is -2.25. The molecule has 0 radical (unpaired) electrons. The third-order valence-corrected chi connectivity index (χ3v) is 3.79. The molecule has 2 heterocycles. The molecule has 5 heteroatoms. The standard InChI is InChI=1S/C16H25N5/c1-5-13(17)10-15-12(2)19-21(4)16(15)20(3)11-14-8-6-7-9-18-14/h6-9,13H,5,10-11,17H2,1-4H3. The van der Waals surface area contributed by atoms with Gasteiger partial charge in [0.2, 0.25) is 0 Å². The highest BCUT2D eigenvalue weighted by molar-refractivity contribution is 5.50. The largest absolute Gasteiger partial charge is 0.354 e. The van der Waals surface area contributed by atoms with E-state index in [-0.39, 0.29) is 6.04 Å². The summed E-state index contributed by atoms with van der Waals surface area (Å²) in [5.74, 6) is 1.13. The van der Waals surface area contributed by atoms with Gasteiger partial charge in [-0.1, -0.05) is 13.0 Å². The summed E-state index contributed by atoms with van der Waals surface area (Å²) in [6.07, 6.45) is 3.65. The fourth-order valence-electron chi connectivity index (χ4n) is 2.62. The SMILES string of the molecule is CCC(N)Cc1c(C)nn(C)c1N(C)Cc1ccccn1. The Kier molecular flexibility index (Phi) is 4.96. The number of hydrogen-bond acceptors (Lipinski definition) is 4. The van der Waals surface area contributed by atoms with E-state index in [1.54, 1.807) is 0 Å². The summed E-state index contributed by atoms with van der Waals surface area (Å²) < 4.78 is 1.94. The van der Waals surface area contributed by atoms with Crippen molar-refractivity contribution in [3.63, 3.8) is 0 Å². The van der Waals surface area contributed by atoms with Crippen molar-refractivity contribution < 1.29 is 0 Å². The number of pyridine rings is 1. The molecule has 2 rings (SSSR count). The highest BCUT2D eigenvalue weighted by Crippen LogP contribution is 2.25. The van der Waals surface area contributed by atoms with Gasteiger partial charge in [0.1, 0.15) is 5.82 Å². The van der Waals surface area contributed by atoms with E-state index in [0.29, 0.717) is 0 Å².